The number of nitriles is 1. The molecule has 0 atom stereocenters. The summed E-state index contributed by atoms with van der Waals surface area (Å²) in [6.45, 7) is 0. The van der Waals surface area contributed by atoms with E-state index in [4.69, 9.17) is 16.9 Å². The van der Waals surface area contributed by atoms with Crippen LogP contribution < -0.4 is 0 Å². The second kappa shape index (κ2) is 5.47. The Hall–Kier alpha value is -1.60. The molecule has 0 bridgehead atoms. The molecule has 16 heavy (non-hydrogen) atoms. The van der Waals surface area contributed by atoms with Gasteiger partial charge in [0.05, 0.1) is 31.0 Å². The van der Waals surface area contributed by atoms with Gasteiger partial charge in [0.15, 0.2) is 0 Å². The number of carbonyl (C=O) groups excluding carboxylic acids is 1. The third-order valence-corrected chi connectivity index (χ3v) is 2.42. The Labute approximate surface area is 97.4 Å². The SMILES string of the molecule is COC(=O)Cc1ccc(F)c(CCl)c1C#N. The highest BCUT2D eigenvalue weighted by Gasteiger charge is 2.15. The smallest absolute Gasteiger partial charge is 0.310 e. The van der Waals surface area contributed by atoms with Gasteiger partial charge in [-0.1, -0.05) is 6.07 Å². The lowest BCUT2D eigenvalue weighted by Crippen LogP contribution is -2.08. The molecule has 0 aliphatic rings. The van der Waals surface area contributed by atoms with Gasteiger partial charge in [0.25, 0.3) is 0 Å². The number of alkyl halides is 1. The molecule has 1 aromatic carbocycles. The van der Waals surface area contributed by atoms with E-state index in [1.165, 1.54) is 19.2 Å². The number of ether oxygens (including phenoxy) is 1. The lowest BCUT2D eigenvalue weighted by Gasteiger charge is -2.07. The van der Waals surface area contributed by atoms with Crippen LogP contribution in [0.15, 0.2) is 12.1 Å². The molecule has 0 fully saturated rings. The molecule has 0 unspecified atom stereocenters. The van der Waals surface area contributed by atoms with Crippen molar-refractivity contribution in [1.29, 1.82) is 5.26 Å². The number of hydrogen-bond acceptors (Lipinski definition) is 3. The molecule has 0 amide bonds. The zero-order chi connectivity index (χ0) is 12.1. The maximum Gasteiger partial charge on any atom is 0.310 e. The highest BCUT2D eigenvalue weighted by atomic mass is 35.5. The molecule has 0 heterocycles. The van der Waals surface area contributed by atoms with Crippen LogP contribution in [0.1, 0.15) is 16.7 Å². The second-order valence-electron chi connectivity index (χ2n) is 3.06. The van der Waals surface area contributed by atoms with Crippen molar-refractivity contribution in [2.24, 2.45) is 0 Å². The number of nitrogens with zero attached hydrogens (tertiary/aromatic N) is 1. The van der Waals surface area contributed by atoms with Crippen molar-refractivity contribution in [1.82, 2.24) is 0 Å². The van der Waals surface area contributed by atoms with Crippen LogP contribution in [0.5, 0.6) is 0 Å². The first-order chi connectivity index (χ1) is 7.63. The quantitative estimate of drug-likeness (QED) is 0.602. The predicted octanol–water partition coefficient (Wildman–Crippen LogP) is 2.15. The number of carbonyl (C=O) groups is 1. The van der Waals surface area contributed by atoms with Gasteiger partial charge in [-0.2, -0.15) is 5.26 Å². The predicted molar refractivity (Wildman–Crippen MR) is 56.4 cm³/mol. The summed E-state index contributed by atoms with van der Waals surface area (Å²) in [5, 5.41) is 8.91. The van der Waals surface area contributed by atoms with E-state index >= 15 is 0 Å². The van der Waals surface area contributed by atoms with Crippen molar-refractivity contribution in [2.75, 3.05) is 7.11 Å². The first kappa shape index (κ1) is 12.5. The van der Waals surface area contributed by atoms with Crippen molar-refractivity contribution in [3.8, 4) is 6.07 Å². The Bertz CT molecular complexity index is 454. The molecule has 0 aromatic heterocycles. The highest BCUT2D eigenvalue weighted by Crippen LogP contribution is 2.20. The molecule has 1 aromatic rings. The van der Waals surface area contributed by atoms with Gasteiger partial charge in [-0.05, 0) is 11.6 Å². The van der Waals surface area contributed by atoms with Gasteiger partial charge in [0.1, 0.15) is 5.82 Å². The largest absolute Gasteiger partial charge is 0.469 e. The summed E-state index contributed by atoms with van der Waals surface area (Å²) < 4.78 is 17.8. The lowest BCUT2D eigenvalue weighted by atomic mass is 10.00. The summed E-state index contributed by atoms with van der Waals surface area (Å²) in [5.74, 6) is -1.13. The molecule has 0 radical (unpaired) electrons. The number of benzene rings is 1. The van der Waals surface area contributed by atoms with Crippen molar-refractivity contribution < 1.29 is 13.9 Å². The van der Waals surface area contributed by atoms with Crippen LogP contribution in [0, 0.1) is 17.1 Å². The fourth-order valence-corrected chi connectivity index (χ4v) is 1.58. The van der Waals surface area contributed by atoms with Crippen LogP contribution in [-0.4, -0.2) is 13.1 Å². The average molecular weight is 242 g/mol. The van der Waals surface area contributed by atoms with Crippen LogP contribution in [0.3, 0.4) is 0 Å². The Balaban J connectivity index is 3.21. The topological polar surface area (TPSA) is 50.1 Å². The Morgan fingerprint density at radius 2 is 2.31 bits per heavy atom. The molecule has 0 aliphatic heterocycles. The number of methoxy groups -OCH3 is 1. The molecule has 0 saturated heterocycles. The van der Waals surface area contributed by atoms with E-state index in [2.05, 4.69) is 4.74 Å². The number of hydrogen-bond donors (Lipinski definition) is 0. The minimum atomic E-state index is -0.542. The highest BCUT2D eigenvalue weighted by molar-refractivity contribution is 6.17. The van der Waals surface area contributed by atoms with Crippen molar-refractivity contribution in [3.63, 3.8) is 0 Å². The van der Waals surface area contributed by atoms with Crippen LogP contribution in [-0.2, 0) is 21.8 Å². The van der Waals surface area contributed by atoms with E-state index in [1.54, 1.807) is 0 Å². The minimum absolute atomic E-state index is 0.0659. The molecule has 0 spiro atoms. The molecule has 3 nitrogen and oxygen atoms in total. The van der Waals surface area contributed by atoms with E-state index in [1.807, 2.05) is 6.07 Å². The molecule has 0 saturated carbocycles. The summed E-state index contributed by atoms with van der Waals surface area (Å²) in [6.07, 6.45) is -0.0659. The van der Waals surface area contributed by atoms with E-state index in [9.17, 15) is 9.18 Å². The Morgan fingerprint density at radius 3 is 2.81 bits per heavy atom. The number of halogens is 2. The summed E-state index contributed by atoms with van der Waals surface area (Å²) in [7, 11) is 1.25. The maximum absolute atomic E-state index is 13.3. The van der Waals surface area contributed by atoms with Gasteiger partial charge < -0.3 is 4.74 Å². The lowest BCUT2D eigenvalue weighted by molar-refractivity contribution is -0.139. The fraction of sp³-hybridized carbons (Fsp3) is 0.273. The van der Waals surface area contributed by atoms with Crippen LogP contribution in [0.25, 0.3) is 0 Å². The summed E-state index contributed by atoms with van der Waals surface area (Å²) in [4.78, 5) is 11.1. The van der Waals surface area contributed by atoms with E-state index in [0.29, 0.717) is 5.56 Å². The standard InChI is InChI=1S/C11H9ClFNO2/c1-16-11(15)4-7-2-3-10(13)8(5-12)9(7)6-14/h2-3H,4-5H2,1H3. The summed E-state index contributed by atoms with van der Waals surface area (Å²) >= 11 is 5.55. The molecular formula is C11H9ClFNO2. The molecular weight excluding hydrogens is 233 g/mol. The molecule has 0 N–H and O–H groups in total. The zero-order valence-corrected chi connectivity index (χ0v) is 9.34. The number of rotatable bonds is 3. The van der Waals surface area contributed by atoms with Crippen LogP contribution in [0.2, 0.25) is 0 Å². The van der Waals surface area contributed by atoms with Gasteiger partial charge >= 0.3 is 5.97 Å². The van der Waals surface area contributed by atoms with E-state index in [-0.39, 0.29) is 23.4 Å². The molecule has 5 heteroatoms. The average Bonchev–Trinajstić information content (AvgIpc) is 2.30. The minimum Gasteiger partial charge on any atom is -0.469 e. The van der Waals surface area contributed by atoms with Crippen LogP contribution >= 0.6 is 11.6 Å². The van der Waals surface area contributed by atoms with Crippen molar-refractivity contribution in [2.45, 2.75) is 12.3 Å². The van der Waals surface area contributed by atoms with Crippen molar-refractivity contribution in [3.05, 3.63) is 34.6 Å². The van der Waals surface area contributed by atoms with Crippen LogP contribution in [0.4, 0.5) is 4.39 Å². The Morgan fingerprint density at radius 1 is 1.62 bits per heavy atom. The fourth-order valence-electron chi connectivity index (χ4n) is 1.32. The van der Waals surface area contributed by atoms with Gasteiger partial charge in [0.2, 0.25) is 0 Å². The van der Waals surface area contributed by atoms with Crippen molar-refractivity contribution >= 4 is 17.6 Å². The molecule has 0 aliphatic carbocycles. The second-order valence-corrected chi connectivity index (χ2v) is 3.33. The monoisotopic (exact) mass is 241 g/mol. The van der Waals surface area contributed by atoms with Gasteiger partial charge in [-0.15, -0.1) is 11.6 Å². The third kappa shape index (κ3) is 2.50. The summed E-state index contributed by atoms with van der Waals surface area (Å²) in [5.41, 5.74) is 0.650. The normalized spacial score (nSPS) is 9.62. The third-order valence-electron chi connectivity index (χ3n) is 2.15. The van der Waals surface area contributed by atoms with E-state index < -0.39 is 11.8 Å². The number of esters is 1. The van der Waals surface area contributed by atoms with Gasteiger partial charge in [0, 0.05) is 5.56 Å². The van der Waals surface area contributed by atoms with Gasteiger partial charge in [-0.25, -0.2) is 4.39 Å². The molecule has 1 rings (SSSR count). The molecule has 84 valence electrons. The Kier molecular flexibility index (Phi) is 4.27. The van der Waals surface area contributed by atoms with E-state index in [0.717, 1.165) is 0 Å². The maximum atomic E-state index is 13.3. The van der Waals surface area contributed by atoms with Gasteiger partial charge in [-0.3, -0.25) is 4.79 Å². The zero-order valence-electron chi connectivity index (χ0n) is 8.59. The summed E-state index contributed by atoms with van der Waals surface area (Å²) in [6, 6.07) is 4.43. The first-order valence-electron chi connectivity index (χ1n) is 4.47. The first-order valence-corrected chi connectivity index (χ1v) is 5.00.